The van der Waals surface area contributed by atoms with Crippen molar-refractivity contribution in [3.63, 3.8) is 0 Å². The van der Waals surface area contributed by atoms with E-state index in [0.717, 1.165) is 0 Å². The van der Waals surface area contributed by atoms with Gasteiger partial charge in [-0.25, -0.2) is 4.79 Å². The first-order valence-electron chi connectivity index (χ1n) is 5.67. The van der Waals surface area contributed by atoms with Crippen LogP contribution in [-0.4, -0.2) is 17.0 Å². The molecule has 0 aliphatic carbocycles. The molecule has 0 bridgehead atoms. The van der Waals surface area contributed by atoms with E-state index >= 15 is 0 Å². The minimum atomic E-state index is -1.15. The fraction of sp³-hybridized carbons (Fsp3) is 0. The summed E-state index contributed by atoms with van der Waals surface area (Å²) in [5.74, 6) is -1.60. The standard InChI is InChI=1S/C14H8Cl2INO3/c15-7-2-4-11(17)10(5-7)13(19)18-12-6-8(16)1-3-9(12)14(20)21/h1-6H,(H,18,19)(H,20,21). The van der Waals surface area contributed by atoms with Gasteiger partial charge in [-0.3, -0.25) is 4.79 Å². The molecular formula is C14H8Cl2INO3. The van der Waals surface area contributed by atoms with Gasteiger partial charge in [-0.15, -0.1) is 0 Å². The molecular weight excluding hydrogens is 428 g/mol. The van der Waals surface area contributed by atoms with Crippen LogP contribution >= 0.6 is 45.8 Å². The van der Waals surface area contributed by atoms with Crippen LogP contribution in [0.15, 0.2) is 36.4 Å². The molecule has 0 saturated heterocycles. The Morgan fingerprint density at radius 3 is 2.29 bits per heavy atom. The second kappa shape index (κ2) is 6.64. The van der Waals surface area contributed by atoms with Crippen LogP contribution in [0.3, 0.4) is 0 Å². The SMILES string of the molecule is O=C(Nc1cc(Cl)ccc1C(=O)O)c1cc(Cl)ccc1I. The van der Waals surface area contributed by atoms with Crippen LogP contribution in [0.1, 0.15) is 20.7 Å². The molecule has 108 valence electrons. The van der Waals surface area contributed by atoms with Crippen LogP contribution < -0.4 is 5.32 Å². The minimum absolute atomic E-state index is 0.0372. The van der Waals surface area contributed by atoms with Crippen molar-refractivity contribution in [1.29, 1.82) is 0 Å². The lowest BCUT2D eigenvalue weighted by Gasteiger charge is -2.10. The van der Waals surface area contributed by atoms with E-state index in [1.54, 1.807) is 12.1 Å². The summed E-state index contributed by atoms with van der Waals surface area (Å²) in [6, 6.07) is 9.06. The van der Waals surface area contributed by atoms with Gasteiger partial charge in [0.2, 0.25) is 0 Å². The molecule has 0 atom stereocenters. The summed E-state index contributed by atoms with van der Waals surface area (Å²) in [6.07, 6.45) is 0. The van der Waals surface area contributed by atoms with Gasteiger partial charge in [0, 0.05) is 13.6 Å². The Kier molecular flexibility index (Phi) is 5.08. The molecule has 0 aromatic heterocycles. The number of carboxylic acid groups (broad SMARTS) is 1. The molecule has 0 aliphatic heterocycles. The van der Waals surface area contributed by atoms with Crippen LogP contribution in [0, 0.1) is 3.57 Å². The van der Waals surface area contributed by atoms with E-state index in [-0.39, 0.29) is 11.3 Å². The molecule has 0 saturated carbocycles. The second-order valence-corrected chi connectivity index (χ2v) is 6.11. The number of hydrogen-bond acceptors (Lipinski definition) is 2. The Hall–Kier alpha value is -1.31. The summed E-state index contributed by atoms with van der Waals surface area (Å²) >= 11 is 13.7. The largest absolute Gasteiger partial charge is 0.478 e. The molecule has 21 heavy (non-hydrogen) atoms. The maximum absolute atomic E-state index is 12.3. The van der Waals surface area contributed by atoms with Crippen molar-refractivity contribution in [2.24, 2.45) is 0 Å². The maximum Gasteiger partial charge on any atom is 0.337 e. The van der Waals surface area contributed by atoms with Crippen LogP contribution in [0.4, 0.5) is 5.69 Å². The normalized spacial score (nSPS) is 10.2. The molecule has 2 aromatic rings. The lowest BCUT2D eigenvalue weighted by Crippen LogP contribution is -2.16. The predicted molar refractivity (Wildman–Crippen MR) is 90.5 cm³/mol. The Morgan fingerprint density at radius 1 is 1.00 bits per heavy atom. The Morgan fingerprint density at radius 2 is 1.62 bits per heavy atom. The number of carbonyl (C=O) groups excluding carboxylic acids is 1. The van der Waals surface area contributed by atoms with Gasteiger partial charge >= 0.3 is 5.97 Å². The van der Waals surface area contributed by atoms with Crippen molar-refractivity contribution in [1.82, 2.24) is 0 Å². The number of halogens is 3. The number of benzene rings is 2. The Labute approximate surface area is 144 Å². The number of carboxylic acids is 1. The summed E-state index contributed by atoms with van der Waals surface area (Å²) in [4.78, 5) is 23.4. The van der Waals surface area contributed by atoms with E-state index in [9.17, 15) is 9.59 Å². The average molecular weight is 436 g/mol. The highest BCUT2D eigenvalue weighted by molar-refractivity contribution is 14.1. The zero-order valence-electron chi connectivity index (χ0n) is 10.4. The van der Waals surface area contributed by atoms with Gasteiger partial charge in [-0.05, 0) is 59.0 Å². The fourth-order valence-corrected chi connectivity index (χ4v) is 2.59. The number of carbonyl (C=O) groups is 2. The number of aromatic carboxylic acids is 1. The van der Waals surface area contributed by atoms with Crippen molar-refractivity contribution in [3.05, 3.63) is 61.1 Å². The van der Waals surface area contributed by atoms with Gasteiger partial charge in [0.1, 0.15) is 0 Å². The van der Waals surface area contributed by atoms with Crippen molar-refractivity contribution in [3.8, 4) is 0 Å². The van der Waals surface area contributed by atoms with Crippen LogP contribution in [0.5, 0.6) is 0 Å². The molecule has 2 rings (SSSR count). The van der Waals surface area contributed by atoms with E-state index in [0.29, 0.717) is 19.2 Å². The number of rotatable bonds is 3. The average Bonchev–Trinajstić information content (AvgIpc) is 2.41. The highest BCUT2D eigenvalue weighted by Crippen LogP contribution is 2.24. The first-order valence-corrected chi connectivity index (χ1v) is 7.51. The van der Waals surface area contributed by atoms with Crippen LogP contribution in [-0.2, 0) is 0 Å². The lowest BCUT2D eigenvalue weighted by atomic mass is 10.1. The van der Waals surface area contributed by atoms with Crippen molar-refractivity contribution in [2.45, 2.75) is 0 Å². The third-order valence-electron chi connectivity index (χ3n) is 2.63. The van der Waals surface area contributed by atoms with Crippen LogP contribution in [0.25, 0.3) is 0 Å². The molecule has 2 aromatic carbocycles. The molecule has 7 heteroatoms. The van der Waals surface area contributed by atoms with E-state index in [1.807, 2.05) is 22.6 Å². The topological polar surface area (TPSA) is 66.4 Å². The third kappa shape index (κ3) is 3.87. The second-order valence-electron chi connectivity index (χ2n) is 4.07. The van der Waals surface area contributed by atoms with Gasteiger partial charge < -0.3 is 10.4 Å². The lowest BCUT2D eigenvalue weighted by molar-refractivity contribution is 0.0698. The summed E-state index contributed by atoms with van der Waals surface area (Å²) in [5, 5.41) is 12.4. The molecule has 0 radical (unpaired) electrons. The van der Waals surface area contributed by atoms with Gasteiger partial charge in [-0.2, -0.15) is 0 Å². The van der Waals surface area contributed by atoms with Gasteiger partial charge in [0.15, 0.2) is 0 Å². The summed E-state index contributed by atoms with van der Waals surface area (Å²) in [5.41, 5.74) is 0.458. The fourth-order valence-electron chi connectivity index (χ4n) is 1.67. The van der Waals surface area contributed by atoms with Crippen molar-refractivity contribution >= 4 is 63.4 Å². The highest BCUT2D eigenvalue weighted by atomic mass is 127. The molecule has 0 aliphatic rings. The van der Waals surface area contributed by atoms with Gasteiger partial charge in [0.25, 0.3) is 5.91 Å². The molecule has 1 amide bonds. The molecule has 0 unspecified atom stereocenters. The van der Waals surface area contributed by atoms with Gasteiger partial charge in [-0.1, -0.05) is 23.2 Å². The van der Waals surface area contributed by atoms with E-state index < -0.39 is 11.9 Å². The zero-order chi connectivity index (χ0) is 15.6. The first-order chi connectivity index (χ1) is 9.88. The molecule has 2 N–H and O–H groups in total. The third-order valence-corrected chi connectivity index (χ3v) is 4.04. The number of nitrogens with one attached hydrogen (secondary N) is 1. The van der Waals surface area contributed by atoms with E-state index in [1.165, 1.54) is 24.3 Å². The molecule has 0 fully saturated rings. The molecule has 4 nitrogen and oxygen atoms in total. The highest BCUT2D eigenvalue weighted by Gasteiger charge is 2.16. The van der Waals surface area contributed by atoms with Crippen molar-refractivity contribution in [2.75, 3.05) is 5.32 Å². The number of amides is 1. The maximum atomic E-state index is 12.3. The Balaban J connectivity index is 2.38. The first kappa shape index (κ1) is 16.1. The zero-order valence-corrected chi connectivity index (χ0v) is 14.0. The molecule has 0 spiro atoms. The van der Waals surface area contributed by atoms with E-state index in [4.69, 9.17) is 28.3 Å². The summed E-state index contributed by atoms with van der Waals surface area (Å²) in [6.45, 7) is 0. The predicted octanol–water partition coefficient (Wildman–Crippen LogP) is 4.55. The quantitative estimate of drug-likeness (QED) is 0.695. The Bertz CT molecular complexity index is 734. The number of hydrogen-bond donors (Lipinski definition) is 2. The minimum Gasteiger partial charge on any atom is -0.478 e. The summed E-state index contributed by atoms with van der Waals surface area (Å²) in [7, 11) is 0. The summed E-state index contributed by atoms with van der Waals surface area (Å²) < 4.78 is 0.702. The molecule has 0 heterocycles. The van der Waals surface area contributed by atoms with Crippen LogP contribution in [0.2, 0.25) is 10.0 Å². The number of anilines is 1. The van der Waals surface area contributed by atoms with Gasteiger partial charge in [0.05, 0.1) is 16.8 Å². The monoisotopic (exact) mass is 435 g/mol. The smallest absolute Gasteiger partial charge is 0.337 e. The van der Waals surface area contributed by atoms with Crippen molar-refractivity contribution < 1.29 is 14.7 Å². The van der Waals surface area contributed by atoms with E-state index in [2.05, 4.69) is 5.32 Å².